The molecule has 0 fully saturated rings. The van der Waals surface area contributed by atoms with Crippen LogP contribution in [0.5, 0.6) is 28.7 Å². The van der Waals surface area contributed by atoms with Crippen molar-refractivity contribution in [1.29, 1.82) is 0 Å². The summed E-state index contributed by atoms with van der Waals surface area (Å²) in [7, 11) is 0. The molecule has 0 unspecified atom stereocenters. The van der Waals surface area contributed by atoms with E-state index in [1.807, 2.05) is 0 Å². The van der Waals surface area contributed by atoms with E-state index in [2.05, 4.69) is 0 Å². The van der Waals surface area contributed by atoms with Gasteiger partial charge in [0, 0.05) is 34.7 Å². The van der Waals surface area contributed by atoms with Gasteiger partial charge in [0.25, 0.3) is 0 Å². The molecule has 0 aliphatic rings. The SMILES string of the molecule is Oc1ccc(C(c2ccccc2O)c2ccc(O)cc2O)c(O)c1. The van der Waals surface area contributed by atoms with Crippen molar-refractivity contribution in [1.82, 2.24) is 0 Å². The van der Waals surface area contributed by atoms with E-state index in [1.54, 1.807) is 18.2 Å². The first-order valence-corrected chi connectivity index (χ1v) is 7.29. The third-order valence-electron chi connectivity index (χ3n) is 3.90. The smallest absolute Gasteiger partial charge is 0.123 e. The van der Waals surface area contributed by atoms with Gasteiger partial charge < -0.3 is 25.5 Å². The third-order valence-corrected chi connectivity index (χ3v) is 3.90. The summed E-state index contributed by atoms with van der Waals surface area (Å²) in [4.78, 5) is 0. The summed E-state index contributed by atoms with van der Waals surface area (Å²) >= 11 is 0. The molecule has 0 aliphatic heterocycles. The molecule has 0 radical (unpaired) electrons. The molecule has 0 spiro atoms. The number of benzene rings is 3. The molecule has 0 bridgehead atoms. The standard InChI is InChI=1S/C19H16O5/c20-11-5-7-14(17(23)9-11)19(13-3-1-2-4-16(13)22)15-8-6-12(21)10-18(15)24/h1-10,19-24H. The van der Waals surface area contributed by atoms with E-state index in [0.717, 1.165) is 0 Å². The van der Waals surface area contributed by atoms with Crippen LogP contribution in [0.1, 0.15) is 22.6 Å². The molecule has 122 valence electrons. The Hall–Kier alpha value is -3.34. The first-order chi connectivity index (χ1) is 11.5. The van der Waals surface area contributed by atoms with Crippen LogP contribution in [0, 0.1) is 0 Å². The molecule has 3 rings (SSSR count). The number of para-hydroxylation sites is 1. The van der Waals surface area contributed by atoms with Crippen LogP contribution in [0.4, 0.5) is 0 Å². The van der Waals surface area contributed by atoms with Gasteiger partial charge >= 0.3 is 0 Å². The maximum Gasteiger partial charge on any atom is 0.123 e. The highest BCUT2D eigenvalue weighted by Gasteiger charge is 2.25. The second-order valence-corrected chi connectivity index (χ2v) is 5.48. The van der Waals surface area contributed by atoms with Crippen LogP contribution in [0.3, 0.4) is 0 Å². The molecule has 5 nitrogen and oxygen atoms in total. The summed E-state index contributed by atoms with van der Waals surface area (Å²) in [5, 5.41) is 49.8. The maximum absolute atomic E-state index is 10.2. The zero-order chi connectivity index (χ0) is 17.3. The Morgan fingerprint density at radius 2 is 0.958 bits per heavy atom. The molecule has 3 aromatic rings. The van der Waals surface area contributed by atoms with Gasteiger partial charge in [-0.15, -0.1) is 0 Å². The van der Waals surface area contributed by atoms with Crippen molar-refractivity contribution in [2.75, 3.05) is 0 Å². The molecular formula is C19H16O5. The average molecular weight is 324 g/mol. The quantitative estimate of drug-likeness (QED) is 0.475. The van der Waals surface area contributed by atoms with Crippen molar-refractivity contribution in [2.45, 2.75) is 5.92 Å². The van der Waals surface area contributed by atoms with Gasteiger partial charge in [0.2, 0.25) is 0 Å². The van der Waals surface area contributed by atoms with Gasteiger partial charge in [0.1, 0.15) is 28.7 Å². The maximum atomic E-state index is 10.2. The molecule has 5 heteroatoms. The van der Waals surface area contributed by atoms with Gasteiger partial charge in [-0.1, -0.05) is 30.3 Å². The highest BCUT2D eigenvalue weighted by Crippen LogP contribution is 2.44. The molecule has 0 saturated heterocycles. The largest absolute Gasteiger partial charge is 0.508 e. The molecule has 0 aliphatic carbocycles. The molecule has 5 N–H and O–H groups in total. The van der Waals surface area contributed by atoms with E-state index in [4.69, 9.17) is 0 Å². The van der Waals surface area contributed by atoms with Gasteiger partial charge in [-0.05, 0) is 18.2 Å². The van der Waals surface area contributed by atoms with Crippen molar-refractivity contribution in [3.05, 3.63) is 77.4 Å². The van der Waals surface area contributed by atoms with E-state index >= 15 is 0 Å². The lowest BCUT2D eigenvalue weighted by Gasteiger charge is -2.22. The number of rotatable bonds is 3. The number of hydrogen-bond acceptors (Lipinski definition) is 5. The fourth-order valence-electron chi connectivity index (χ4n) is 2.79. The van der Waals surface area contributed by atoms with Gasteiger partial charge in [0.05, 0.1) is 0 Å². The number of phenolic OH excluding ortho intramolecular Hbond substituents is 5. The van der Waals surface area contributed by atoms with Crippen LogP contribution in [-0.2, 0) is 0 Å². The fourth-order valence-corrected chi connectivity index (χ4v) is 2.79. The Morgan fingerprint density at radius 3 is 1.42 bits per heavy atom. The van der Waals surface area contributed by atoms with E-state index in [-0.39, 0.29) is 28.7 Å². The third kappa shape index (κ3) is 2.79. The van der Waals surface area contributed by atoms with Crippen molar-refractivity contribution in [3.63, 3.8) is 0 Å². The van der Waals surface area contributed by atoms with Crippen molar-refractivity contribution < 1.29 is 25.5 Å². The second kappa shape index (κ2) is 6.04. The van der Waals surface area contributed by atoms with Gasteiger partial charge in [0.15, 0.2) is 0 Å². The van der Waals surface area contributed by atoms with Crippen LogP contribution >= 0.6 is 0 Å². The van der Waals surface area contributed by atoms with Crippen molar-refractivity contribution >= 4 is 0 Å². The molecule has 0 atom stereocenters. The van der Waals surface area contributed by atoms with Crippen LogP contribution in [-0.4, -0.2) is 25.5 Å². The van der Waals surface area contributed by atoms with Crippen LogP contribution in [0.25, 0.3) is 0 Å². The minimum atomic E-state index is -0.688. The number of aromatic hydroxyl groups is 5. The fraction of sp³-hybridized carbons (Fsp3) is 0.0526. The zero-order valence-electron chi connectivity index (χ0n) is 12.6. The van der Waals surface area contributed by atoms with E-state index in [0.29, 0.717) is 16.7 Å². The highest BCUT2D eigenvalue weighted by molar-refractivity contribution is 5.57. The summed E-state index contributed by atoms with van der Waals surface area (Å²) in [5.74, 6) is -1.22. The van der Waals surface area contributed by atoms with E-state index < -0.39 is 5.92 Å². The Bertz CT molecular complexity index is 837. The van der Waals surface area contributed by atoms with Gasteiger partial charge in [-0.2, -0.15) is 0 Å². The Morgan fingerprint density at radius 1 is 0.500 bits per heavy atom. The molecule has 0 aromatic heterocycles. The normalized spacial score (nSPS) is 10.9. The average Bonchev–Trinajstić information content (AvgIpc) is 2.52. The summed E-state index contributed by atoms with van der Waals surface area (Å²) in [6.45, 7) is 0. The van der Waals surface area contributed by atoms with Crippen LogP contribution in [0.2, 0.25) is 0 Å². The minimum Gasteiger partial charge on any atom is -0.508 e. The van der Waals surface area contributed by atoms with Gasteiger partial charge in [-0.3, -0.25) is 0 Å². The van der Waals surface area contributed by atoms with Crippen molar-refractivity contribution in [3.8, 4) is 28.7 Å². The molecular weight excluding hydrogens is 308 g/mol. The molecule has 24 heavy (non-hydrogen) atoms. The highest BCUT2D eigenvalue weighted by atomic mass is 16.3. The lowest BCUT2D eigenvalue weighted by Crippen LogP contribution is -2.04. The Balaban J connectivity index is 2.27. The van der Waals surface area contributed by atoms with Crippen LogP contribution < -0.4 is 0 Å². The number of phenols is 5. The monoisotopic (exact) mass is 324 g/mol. The molecule has 3 aromatic carbocycles. The Labute approximate surface area is 138 Å². The second-order valence-electron chi connectivity index (χ2n) is 5.48. The van der Waals surface area contributed by atoms with E-state index in [1.165, 1.54) is 42.5 Å². The lowest BCUT2D eigenvalue weighted by molar-refractivity contribution is 0.437. The predicted octanol–water partition coefficient (Wildman–Crippen LogP) is 3.39. The molecule has 0 heterocycles. The molecule has 0 saturated carbocycles. The predicted molar refractivity (Wildman–Crippen MR) is 88.6 cm³/mol. The minimum absolute atomic E-state index is 0.00227. The van der Waals surface area contributed by atoms with Crippen LogP contribution in [0.15, 0.2) is 60.7 Å². The first-order valence-electron chi connectivity index (χ1n) is 7.29. The van der Waals surface area contributed by atoms with Gasteiger partial charge in [-0.25, -0.2) is 0 Å². The summed E-state index contributed by atoms with van der Waals surface area (Å²) in [5.41, 5.74) is 1.27. The Kier molecular flexibility index (Phi) is 3.92. The zero-order valence-corrected chi connectivity index (χ0v) is 12.6. The molecule has 0 amide bonds. The summed E-state index contributed by atoms with van der Waals surface area (Å²) in [6, 6.07) is 14.9. The number of hydrogen-bond donors (Lipinski definition) is 5. The summed E-state index contributed by atoms with van der Waals surface area (Å²) < 4.78 is 0. The van der Waals surface area contributed by atoms with E-state index in [9.17, 15) is 25.5 Å². The van der Waals surface area contributed by atoms with Crippen molar-refractivity contribution in [2.24, 2.45) is 0 Å². The first kappa shape index (κ1) is 15.6. The lowest BCUT2D eigenvalue weighted by atomic mass is 9.83. The topological polar surface area (TPSA) is 101 Å². The summed E-state index contributed by atoms with van der Waals surface area (Å²) in [6.07, 6.45) is 0.